The van der Waals surface area contributed by atoms with Crippen molar-refractivity contribution in [3.63, 3.8) is 0 Å². The summed E-state index contributed by atoms with van der Waals surface area (Å²) in [5.74, 6) is 1.33. The average molecular weight is 407 g/mol. The molecule has 0 amide bonds. The zero-order chi connectivity index (χ0) is 21.5. The molecule has 4 rings (SSSR count). The number of carbonyl (C=O) groups is 1. The molecule has 166 valence electrons. The van der Waals surface area contributed by atoms with Gasteiger partial charge in [0.25, 0.3) is 0 Å². The smallest absolute Gasteiger partial charge is 0.308 e. The minimum absolute atomic E-state index is 0.0314. The summed E-state index contributed by atoms with van der Waals surface area (Å²) in [6.45, 7) is 11.8. The van der Waals surface area contributed by atoms with E-state index in [4.69, 9.17) is 4.74 Å². The second-order valence-corrected chi connectivity index (χ2v) is 12.4. The van der Waals surface area contributed by atoms with E-state index < -0.39 is 5.60 Å². The predicted molar refractivity (Wildman–Crippen MR) is 113 cm³/mol. The number of ether oxygens (including phenoxy) is 1. The Labute approximate surface area is 176 Å². The molecule has 4 aliphatic carbocycles. The van der Waals surface area contributed by atoms with Gasteiger partial charge in [0, 0.05) is 5.41 Å². The lowest BCUT2D eigenvalue weighted by Gasteiger charge is -2.68. The largest absolute Gasteiger partial charge is 0.469 e. The summed E-state index contributed by atoms with van der Waals surface area (Å²) in [5, 5.41) is 22.4. The highest BCUT2D eigenvalue weighted by Crippen LogP contribution is 2.74. The molecule has 8 atom stereocenters. The van der Waals surface area contributed by atoms with Crippen LogP contribution in [-0.4, -0.2) is 35.0 Å². The topological polar surface area (TPSA) is 66.8 Å². The first-order chi connectivity index (χ1) is 13.3. The van der Waals surface area contributed by atoms with E-state index in [0.717, 1.165) is 38.5 Å². The molecule has 0 aliphatic heterocycles. The van der Waals surface area contributed by atoms with Gasteiger partial charge in [-0.1, -0.05) is 34.6 Å². The van der Waals surface area contributed by atoms with E-state index in [1.165, 1.54) is 13.5 Å². The molecule has 0 aromatic rings. The monoisotopic (exact) mass is 406 g/mol. The maximum absolute atomic E-state index is 12.1. The Kier molecular flexibility index (Phi) is 4.81. The Morgan fingerprint density at radius 3 is 2.07 bits per heavy atom. The molecule has 0 saturated heterocycles. The summed E-state index contributed by atoms with van der Waals surface area (Å²) in [6.07, 6.45) is 8.08. The Balaban J connectivity index is 1.68. The highest BCUT2D eigenvalue weighted by molar-refractivity contribution is 5.70. The van der Waals surface area contributed by atoms with Gasteiger partial charge in [-0.15, -0.1) is 0 Å². The molecule has 2 N–H and O–H groups in total. The van der Waals surface area contributed by atoms with Gasteiger partial charge in [-0.3, -0.25) is 4.79 Å². The molecule has 0 aromatic heterocycles. The molecule has 0 heterocycles. The zero-order valence-electron chi connectivity index (χ0n) is 19.4. The van der Waals surface area contributed by atoms with Crippen molar-refractivity contribution in [1.82, 2.24) is 0 Å². The molecule has 29 heavy (non-hydrogen) atoms. The van der Waals surface area contributed by atoms with Gasteiger partial charge in [0.2, 0.25) is 0 Å². The Bertz CT molecular complexity index is 688. The normalized spacial score (nSPS) is 53.5. The molecular weight excluding hydrogens is 364 g/mol. The molecule has 0 bridgehead atoms. The van der Waals surface area contributed by atoms with E-state index >= 15 is 0 Å². The van der Waals surface area contributed by atoms with E-state index in [2.05, 4.69) is 34.6 Å². The van der Waals surface area contributed by atoms with Crippen molar-refractivity contribution in [2.75, 3.05) is 7.11 Å². The van der Waals surface area contributed by atoms with Gasteiger partial charge in [0.05, 0.1) is 25.2 Å². The maximum atomic E-state index is 12.1. The summed E-state index contributed by atoms with van der Waals surface area (Å²) in [7, 11) is 1.42. The SMILES string of the molecule is COC(=O)C[C@@]1(O)CC[C@H]2[C@]3(C)CC[C@H]4C(C)(C)[C@@H](O)CC[C@]4(C)[C@H]3CC[C@@]21C. The van der Waals surface area contributed by atoms with Crippen molar-refractivity contribution in [3.05, 3.63) is 0 Å². The fourth-order valence-electron chi connectivity index (χ4n) is 9.48. The summed E-state index contributed by atoms with van der Waals surface area (Å²) >= 11 is 0. The van der Waals surface area contributed by atoms with E-state index in [1.54, 1.807) is 0 Å². The number of fused-ring (bicyclic) bond motifs is 5. The van der Waals surface area contributed by atoms with Crippen molar-refractivity contribution >= 4 is 5.97 Å². The predicted octanol–water partition coefficient (Wildman–Crippen LogP) is 4.71. The molecule has 4 heteroatoms. The Morgan fingerprint density at radius 2 is 1.41 bits per heavy atom. The number of esters is 1. The van der Waals surface area contributed by atoms with Crippen LogP contribution in [0.5, 0.6) is 0 Å². The van der Waals surface area contributed by atoms with Gasteiger partial charge in [-0.2, -0.15) is 0 Å². The van der Waals surface area contributed by atoms with Crippen LogP contribution >= 0.6 is 0 Å². The second kappa shape index (κ2) is 6.45. The van der Waals surface area contributed by atoms with Crippen LogP contribution in [0.15, 0.2) is 0 Å². The van der Waals surface area contributed by atoms with E-state index in [0.29, 0.717) is 24.2 Å². The van der Waals surface area contributed by atoms with E-state index in [-0.39, 0.29) is 40.2 Å². The van der Waals surface area contributed by atoms with Gasteiger partial charge >= 0.3 is 5.97 Å². The van der Waals surface area contributed by atoms with Crippen molar-refractivity contribution < 1.29 is 19.7 Å². The van der Waals surface area contributed by atoms with Gasteiger partial charge in [0.1, 0.15) is 0 Å². The van der Waals surface area contributed by atoms with Crippen LogP contribution in [0.3, 0.4) is 0 Å². The lowest BCUT2D eigenvalue weighted by atomic mass is 9.36. The van der Waals surface area contributed by atoms with Crippen LogP contribution in [-0.2, 0) is 9.53 Å². The third kappa shape index (κ3) is 2.67. The van der Waals surface area contributed by atoms with Gasteiger partial charge < -0.3 is 14.9 Å². The highest BCUT2D eigenvalue weighted by atomic mass is 16.5. The van der Waals surface area contributed by atoms with Crippen LogP contribution in [0, 0.1) is 39.4 Å². The van der Waals surface area contributed by atoms with Gasteiger partial charge in [0.15, 0.2) is 0 Å². The molecule has 0 unspecified atom stereocenters. The fourth-order valence-corrected chi connectivity index (χ4v) is 9.48. The van der Waals surface area contributed by atoms with E-state index in [1.807, 2.05) is 0 Å². The first-order valence-corrected chi connectivity index (χ1v) is 11.8. The van der Waals surface area contributed by atoms with Crippen molar-refractivity contribution in [1.29, 1.82) is 0 Å². The van der Waals surface area contributed by atoms with Crippen LogP contribution in [0.4, 0.5) is 0 Å². The molecule has 4 fully saturated rings. The zero-order valence-corrected chi connectivity index (χ0v) is 19.4. The maximum Gasteiger partial charge on any atom is 0.308 e. The number of aliphatic hydroxyl groups is 2. The van der Waals surface area contributed by atoms with E-state index in [9.17, 15) is 15.0 Å². The minimum atomic E-state index is -0.946. The quantitative estimate of drug-likeness (QED) is 0.652. The molecule has 0 radical (unpaired) electrons. The molecule has 0 aromatic carbocycles. The third-order valence-corrected chi connectivity index (χ3v) is 11.2. The first kappa shape index (κ1) is 21.6. The summed E-state index contributed by atoms with van der Waals surface area (Å²) < 4.78 is 4.93. The van der Waals surface area contributed by atoms with Crippen LogP contribution in [0.25, 0.3) is 0 Å². The van der Waals surface area contributed by atoms with Crippen LogP contribution in [0.2, 0.25) is 0 Å². The number of aliphatic hydroxyl groups excluding tert-OH is 1. The molecule has 4 nitrogen and oxygen atoms in total. The molecule has 4 saturated carbocycles. The van der Waals surface area contributed by atoms with Gasteiger partial charge in [-0.25, -0.2) is 0 Å². The summed E-state index contributed by atoms with van der Waals surface area (Å²) in [4.78, 5) is 12.1. The fraction of sp³-hybridized carbons (Fsp3) is 0.960. The molecule has 4 aliphatic rings. The van der Waals surface area contributed by atoms with Crippen molar-refractivity contribution in [2.45, 2.75) is 104 Å². The average Bonchev–Trinajstić information content (AvgIpc) is 2.90. The standard InChI is InChI=1S/C25H42O4/c1-21(2)16-7-11-23(4)17(22(16,3)12-10-19(21)26)8-13-24(5)18(23)9-14-25(24,28)15-20(27)29-6/h16-19,26,28H,7-15H2,1-6H3/t16-,17+,18-,19-,22-,23+,24-,25-/m0/s1. The van der Waals surface area contributed by atoms with Crippen LogP contribution < -0.4 is 0 Å². The molecule has 0 spiro atoms. The van der Waals surface area contributed by atoms with Crippen LogP contribution in [0.1, 0.15) is 92.4 Å². The number of hydrogen-bond donors (Lipinski definition) is 2. The number of rotatable bonds is 2. The summed E-state index contributed by atoms with van der Waals surface area (Å²) in [6, 6.07) is 0. The highest BCUT2D eigenvalue weighted by Gasteiger charge is 2.70. The minimum Gasteiger partial charge on any atom is -0.469 e. The lowest BCUT2D eigenvalue weighted by Crippen LogP contribution is -2.64. The first-order valence-electron chi connectivity index (χ1n) is 11.8. The third-order valence-electron chi connectivity index (χ3n) is 11.2. The second-order valence-electron chi connectivity index (χ2n) is 12.4. The lowest BCUT2D eigenvalue weighted by molar-refractivity contribution is -0.224. The molecular formula is C25H42O4. The summed E-state index contributed by atoms with van der Waals surface area (Å²) in [5.41, 5.74) is -0.758. The van der Waals surface area contributed by atoms with Gasteiger partial charge in [-0.05, 0) is 85.4 Å². The number of methoxy groups -OCH3 is 1. The Morgan fingerprint density at radius 1 is 0.862 bits per heavy atom. The van der Waals surface area contributed by atoms with Crippen molar-refractivity contribution in [3.8, 4) is 0 Å². The van der Waals surface area contributed by atoms with Crippen molar-refractivity contribution in [2.24, 2.45) is 39.4 Å². The Hall–Kier alpha value is -0.610. The number of hydrogen-bond acceptors (Lipinski definition) is 4. The number of carbonyl (C=O) groups excluding carboxylic acids is 1.